The number of benzene rings is 2. The molecule has 0 aromatic heterocycles. The van der Waals surface area contributed by atoms with E-state index in [-0.39, 0.29) is 55.7 Å². The minimum atomic E-state index is -0.840. The monoisotopic (exact) mass is 518 g/mol. The number of aliphatic hydroxyl groups is 4. The Morgan fingerprint density at radius 2 is 0.889 bits per heavy atom. The van der Waals surface area contributed by atoms with Crippen LogP contribution in [0.4, 0.5) is 0 Å². The molecule has 11 heteroatoms. The van der Waals surface area contributed by atoms with Crippen LogP contribution in [0.3, 0.4) is 0 Å². The Kier molecular flexibility index (Phi) is 31.1. The van der Waals surface area contributed by atoms with Crippen molar-refractivity contribution in [3.63, 3.8) is 0 Å². The number of carbonyl (C=O) groups is 4. The lowest BCUT2D eigenvalue weighted by molar-refractivity contribution is 0.00226. The summed E-state index contributed by atoms with van der Waals surface area (Å²) in [5, 5.41) is 31.1. The van der Waals surface area contributed by atoms with Crippen LogP contribution in [0, 0.1) is 0 Å². The first-order valence-electron chi connectivity index (χ1n) is 8.13. The first-order valence-corrected chi connectivity index (χ1v) is 8.13. The third kappa shape index (κ3) is 13.3. The Morgan fingerprint density at radius 1 is 0.611 bits per heavy atom. The molecule has 3 rings (SSSR count). The molecule has 4 N–H and O–H groups in total. The van der Waals surface area contributed by atoms with Gasteiger partial charge in [0.25, 0.3) is 0 Å². The fourth-order valence-corrected chi connectivity index (χ4v) is 2.15. The highest BCUT2D eigenvalue weighted by Crippen LogP contribution is 2.18. The number of ether oxygens (including phenoxy) is 3. The molecule has 0 amide bonds. The van der Waals surface area contributed by atoms with Crippen molar-refractivity contribution in [1.29, 1.82) is 0 Å². The molecule has 1 aliphatic heterocycles. The molecule has 2 aromatic carbocycles. The molecular formula is C25H42O11. The minimum absolute atomic E-state index is 0. The summed E-state index contributed by atoms with van der Waals surface area (Å²) in [5.41, 5.74) is 0.653. The lowest BCUT2D eigenvalue weighted by Crippen LogP contribution is -2.14. The molecule has 1 aliphatic rings. The summed E-state index contributed by atoms with van der Waals surface area (Å²) in [7, 11) is 0. The molecule has 208 valence electrons. The summed E-state index contributed by atoms with van der Waals surface area (Å²) in [6.45, 7) is -2.30. The van der Waals surface area contributed by atoms with Gasteiger partial charge in [0.05, 0.1) is 22.3 Å². The van der Waals surface area contributed by atoms with Crippen molar-refractivity contribution < 1.29 is 53.8 Å². The number of cyclic esters (lactones) is 2. The summed E-state index contributed by atoms with van der Waals surface area (Å²) in [6, 6.07) is 12.3. The Balaban J connectivity index is -0.000000101. The summed E-state index contributed by atoms with van der Waals surface area (Å²) in [5.74, 6) is -2.78. The van der Waals surface area contributed by atoms with Crippen molar-refractivity contribution in [1.82, 2.24) is 0 Å². The van der Waals surface area contributed by atoms with Gasteiger partial charge < -0.3 is 34.6 Å². The average Bonchev–Trinajstić information content (AvgIpc) is 3.03. The van der Waals surface area contributed by atoms with E-state index in [2.05, 4.69) is 14.2 Å². The Labute approximate surface area is 213 Å². The lowest BCUT2D eigenvalue weighted by atomic mass is 10.1. The van der Waals surface area contributed by atoms with Gasteiger partial charge in [-0.3, -0.25) is 0 Å². The van der Waals surface area contributed by atoms with Gasteiger partial charge in [0.2, 0.25) is 0 Å². The van der Waals surface area contributed by atoms with E-state index in [9.17, 15) is 19.2 Å². The van der Waals surface area contributed by atoms with E-state index in [4.69, 9.17) is 20.4 Å². The first-order chi connectivity index (χ1) is 14.4. The van der Waals surface area contributed by atoms with E-state index < -0.39 is 44.3 Å². The van der Waals surface area contributed by atoms with E-state index in [0.29, 0.717) is 11.1 Å². The molecule has 0 radical (unpaired) electrons. The Bertz CT molecular complexity index is 825. The summed E-state index contributed by atoms with van der Waals surface area (Å²) >= 11 is 0. The fourth-order valence-electron chi connectivity index (χ4n) is 2.15. The zero-order valence-electron chi connectivity index (χ0n) is 15.4. The van der Waals surface area contributed by atoms with Crippen LogP contribution in [-0.4, -0.2) is 64.7 Å². The van der Waals surface area contributed by atoms with Crippen molar-refractivity contribution in [2.75, 3.05) is 20.4 Å². The third-order valence-corrected chi connectivity index (χ3v) is 3.31. The van der Waals surface area contributed by atoms with Crippen LogP contribution in [0.2, 0.25) is 0 Å². The zero-order chi connectivity index (χ0) is 22.5. The minimum Gasteiger partial charge on any atom is -0.435 e. The van der Waals surface area contributed by atoms with Gasteiger partial charge in [-0.05, 0) is 24.3 Å². The van der Waals surface area contributed by atoms with Gasteiger partial charge in [-0.1, -0.05) is 68.8 Å². The predicted molar refractivity (Wildman–Crippen MR) is 137 cm³/mol. The largest absolute Gasteiger partial charge is 0.435 e. The number of fused-ring (bicyclic) bond motifs is 1. The molecule has 0 atom stereocenters. The highest BCUT2D eigenvalue weighted by molar-refractivity contribution is 6.14. The van der Waals surface area contributed by atoms with Crippen LogP contribution >= 0.6 is 0 Å². The molecule has 2 aromatic rings. The fraction of sp³-hybridized carbons (Fsp3) is 0.360. The van der Waals surface area contributed by atoms with Gasteiger partial charge in [0, 0.05) is 0 Å². The van der Waals surface area contributed by atoms with Crippen molar-refractivity contribution in [3.05, 3.63) is 70.8 Å². The van der Waals surface area contributed by atoms with E-state index in [1.54, 1.807) is 24.3 Å². The molecule has 1 heterocycles. The Morgan fingerprint density at radius 3 is 1.17 bits per heavy atom. The van der Waals surface area contributed by atoms with Gasteiger partial charge in [-0.15, -0.1) is 0 Å². The van der Waals surface area contributed by atoms with Gasteiger partial charge in [-0.25, -0.2) is 19.2 Å². The second-order valence-electron chi connectivity index (χ2n) is 5.03. The van der Waals surface area contributed by atoms with E-state index in [0.717, 1.165) is 0 Å². The van der Waals surface area contributed by atoms with Crippen LogP contribution in [0.25, 0.3) is 0 Å². The quantitative estimate of drug-likeness (QED) is 0.201. The molecule has 0 bridgehead atoms. The van der Waals surface area contributed by atoms with Crippen LogP contribution in [-0.2, 0) is 14.2 Å². The molecular weight excluding hydrogens is 476 g/mol. The first kappa shape index (κ1) is 45.8. The number of esters is 4. The standard InChI is InChI=1S/C10H10O6.C8H4O3.CH4O2.6CH4/c11-5-15-9(13)7-3-1-2-4-8(7)10(14)16-6-12;9-7-5-3-1-2-4-6(5)8(10)11-7;2-1-3;;;;;;/h1-4,11-12H,5-6H2;1-4H;2-3H,1H2;6*1H4. The van der Waals surface area contributed by atoms with Crippen molar-refractivity contribution >= 4 is 23.9 Å². The maximum atomic E-state index is 11.3. The van der Waals surface area contributed by atoms with Gasteiger partial charge in [0.1, 0.15) is 6.79 Å². The molecule has 0 aliphatic carbocycles. The van der Waals surface area contributed by atoms with Crippen molar-refractivity contribution in [3.8, 4) is 0 Å². The van der Waals surface area contributed by atoms with Crippen LogP contribution in [0.1, 0.15) is 86.0 Å². The topological polar surface area (TPSA) is 177 Å². The summed E-state index contributed by atoms with van der Waals surface area (Å²) in [6.07, 6.45) is 0. The normalized spacial score (nSPS) is 9.22. The summed E-state index contributed by atoms with van der Waals surface area (Å²) < 4.78 is 13.0. The van der Waals surface area contributed by atoms with Crippen molar-refractivity contribution in [2.24, 2.45) is 0 Å². The Hall–Kier alpha value is -3.64. The number of hydrogen-bond acceptors (Lipinski definition) is 11. The van der Waals surface area contributed by atoms with E-state index in [1.807, 2.05) is 0 Å². The maximum absolute atomic E-state index is 11.3. The molecule has 11 nitrogen and oxygen atoms in total. The molecule has 0 spiro atoms. The summed E-state index contributed by atoms with van der Waals surface area (Å²) in [4.78, 5) is 44.3. The second kappa shape index (κ2) is 24.5. The zero-order valence-corrected chi connectivity index (χ0v) is 15.4. The van der Waals surface area contributed by atoms with E-state index >= 15 is 0 Å². The number of rotatable bonds is 4. The van der Waals surface area contributed by atoms with E-state index in [1.165, 1.54) is 24.3 Å². The third-order valence-electron chi connectivity index (χ3n) is 3.31. The van der Waals surface area contributed by atoms with Gasteiger partial charge in [-0.2, -0.15) is 0 Å². The highest BCUT2D eigenvalue weighted by Gasteiger charge is 2.28. The molecule has 36 heavy (non-hydrogen) atoms. The van der Waals surface area contributed by atoms with Gasteiger partial charge >= 0.3 is 23.9 Å². The predicted octanol–water partition coefficient (Wildman–Crippen LogP) is 3.64. The number of hydrogen-bond donors (Lipinski definition) is 4. The highest BCUT2D eigenvalue weighted by atomic mass is 16.6. The smallest absolute Gasteiger partial charge is 0.346 e. The lowest BCUT2D eigenvalue weighted by Gasteiger charge is -2.06. The van der Waals surface area contributed by atoms with Gasteiger partial charge in [0.15, 0.2) is 13.6 Å². The van der Waals surface area contributed by atoms with Crippen LogP contribution < -0.4 is 0 Å². The molecule has 0 unspecified atom stereocenters. The van der Waals surface area contributed by atoms with Crippen molar-refractivity contribution in [2.45, 2.75) is 44.6 Å². The number of aliphatic hydroxyl groups excluding tert-OH is 3. The second-order valence-corrected chi connectivity index (χ2v) is 5.03. The average molecular weight is 519 g/mol. The van der Waals surface area contributed by atoms with Crippen LogP contribution in [0.15, 0.2) is 48.5 Å². The molecule has 0 saturated heterocycles. The maximum Gasteiger partial charge on any atom is 0.346 e. The number of carbonyl (C=O) groups excluding carboxylic acids is 4. The molecule has 0 fully saturated rings. The van der Waals surface area contributed by atoms with Crippen LogP contribution in [0.5, 0.6) is 0 Å². The SMILES string of the molecule is C.C.C.C.C.C.O=C(OCO)c1ccccc1C(=O)OCO.O=C1OC(=O)c2ccccc21.OCO. The molecule has 0 saturated carbocycles.